The van der Waals surface area contributed by atoms with Crippen molar-refractivity contribution in [2.45, 2.75) is 78.6 Å². The predicted octanol–water partition coefficient (Wildman–Crippen LogP) is 6.12. The molecule has 2 saturated heterocycles. The van der Waals surface area contributed by atoms with E-state index in [2.05, 4.69) is 41.8 Å². The molecule has 0 radical (unpaired) electrons. The van der Waals surface area contributed by atoms with Crippen LogP contribution in [0, 0.1) is 0 Å². The number of rotatable bonds is 14. The number of hydrogen-bond donors (Lipinski definition) is 1. The van der Waals surface area contributed by atoms with E-state index in [-0.39, 0.29) is 0 Å². The van der Waals surface area contributed by atoms with Crippen molar-refractivity contribution in [1.82, 2.24) is 19.3 Å². The monoisotopic (exact) mass is 684 g/mol. The van der Waals surface area contributed by atoms with E-state index in [4.69, 9.17) is 9.72 Å². The molecule has 2 aliphatic rings. The van der Waals surface area contributed by atoms with Crippen LogP contribution in [0.3, 0.4) is 0 Å². The fraction of sp³-hybridized carbons (Fsp3) is 0.594. The Balaban J connectivity index is 1.47. The van der Waals surface area contributed by atoms with Gasteiger partial charge in [-0.15, -0.1) is 0 Å². The van der Waals surface area contributed by atoms with Crippen LogP contribution in [0.2, 0.25) is 13.3 Å². The second-order valence-electron chi connectivity index (χ2n) is 12.0. The van der Waals surface area contributed by atoms with Gasteiger partial charge in [-0.25, -0.2) is 0 Å². The SMILES string of the molecule is CCC[CH2][Sn]([CH2]CCC)([CH2]CCC)[c]1cn2ccnc2c(N(C(=O)O)c2ccc(N3CCN(C4COC4)CC3)cc2)n1. The van der Waals surface area contributed by atoms with Gasteiger partial charge in [-0.1, -0.05) is 0 Å². The summed E-state index contributed by atoms with van der Waals surface area (Å²) in [6.07, 6.45) is 12.0. The average molecular weight is 683 g/mol. The minimum atomic E-state index is -2.95. The van der Waals surface area contributed by atoms with Gasteiger partial charge in [0.05, 0.1) is 19.3 Å². The van der Waals surface area contributed by atoms with Gasteiger partial charge in [0.15, 0.2) is 0 Å². The predicted molar refractivity (Wildman–Crippen MR) is 173 cm³/mol. The fourth-order valence-corrected chi connectivity index (χ4v) is 21.9. The van der Waals surface area contributed by atoms with E-state index in [0.29, 0.717) is 23.2 Å². The van der Waals surface area contributed by atoms with E-state index >= 15 is 0 Å². The Morgan fingerprint density at radius 3 is 2.12 bits per heavy atom. The molecule has 2 aliphatic heterocycles. The number of fused-ring (bicyclic) bond motifs is 1. The number of carbonyl (C=O) groups is 1. The van der Waals surface area contributed by atoms with Crippen LogP contribution in [0.4, 0.5) is 22.0 Å². The number of imidazole rings is 1. The Morgan fingerprint density at radius 1 is 0.976 bits per heavy atom. The van der Waals surface area contributed by atoms with Gasteiger partial charge < -0.3 is 4.74 Å². The molecule has 0 atom stereocenters. The van der Waals surface area contributed by atoms with Crippen LogP contribution in [-0.4, -0.2) is 94.3 Å². The number of benzene rings is 1. The van der Waals surface area contributed by atoms with Crippen molar-refractivity contribution in [2.24, 2.45) is 0 Å². The molecule has 3 aromatic rings. The zero-order valence-corrected chi connectivity index (χ0v) is 28.5. The Hall–Kier alpha value is -2.37. The number of hydrogen-bond acceptors (Lipinski definition) is 6. The molecule has 9 nitrogen and oxygen atoms in total. The summed E-state index contributed by atoms with van der Waals surface area (Å²) in [5.74, 6) is 0.430. The summed E-state index contributed by atoms with van der Waals surface area (Å²) in [6, 6.07) is 8.51. The normalized spacial score (nSPS) is 16.6. The Morgan fingerprint density at radius 2 is 1.60 bits per heavy atom. The summed E-state index contributed by atoms with van der Waals surface area (Å²) in [7, 11) is 0. The van der Waals surface area contributed by atoms with Gasteiger partial charge in [0.2, 0.25) is 0 Å². The second-order valence-corrected chi connectivity index (χ2v) is 25.1. The quantitative estimate of drug-likeness (QED) is 0.205. The topological polar surface area (TPSA) is 86.4 Å². The molecule has 5 rings (SSSR count). The van der Waals surface area contributed by atoms with E-state index in [0.717, 1.165) is 45.1 Å². The van der Waals surface area contributed by atoms with Crippen molar-refractivity contribution in [3.63, 3.8) is 0 Å². The third kappa shape index (κ3) is 6.73. The van der Waals surface area contributed by atoms with Crippen LogP contribution in [0.25, 0.3) is 5.65 Å². The number of anilines is 3. The average Bonchev–Trinajstić information content (AvgIpc) is 3.46. The van der Waals surface area contributed by atoms with Crippen molar-refractivity contribution in [3.05, 3.63) is 42.9 Å². The number of nitrogens with zero attached hydrogens (tertiary/aromatic N) is 6. The van der Waals surface area contributed by atoms with E-state index in [1.165, 1.54) is 60.4 Å². The van der Waals surface area contributed by atoms with Crippen molar-refractivity contribution >= 4 is 51.0 Å². The van der Waals surface area contributed by atoms with Crippen molar-refractivity contribution < 1.29 is 14.6 Å². The maximum atomic E-state index is 12.9. The van der Waals surface area contributed by atoms with Crippen LogP contribution in [0.1, 0.15) is 59.3 Å². The third-order valence-corrected chi connectivity index (χ3v) is 24.3. The summed E-state index contributed by atoms with van der Waals surface area (Å²) in [5, 5.41) is 10.6. The molecule has 1 aromatic carbocycles. The van der Waals surface area contributed by atoms with Crippen molar-refractivity contribution in [3.8, 4) is 0 Å². The molecule has 0 spiro atoms. The molecule has 42 heavy (non-hydrogen) atoms. The van der Waals surface area contributed by atoms with E-state index in [9.17, 15) is 9.90 Å². The van der Waals surface area contributed by atoms with Gasteiger partial charge in [-0.3, -0.25) is 0 Å². The molecule has 0 aliphatic carbocycles. The molecule has 1 N–H and O–H groups in total. The second kappa shape index (κ2) is 14.4. The number of unbranched alkanes of at least 4 members (excludes halogenated alkanes) is 3. The van der Waals surface area contributed by atoms with Crippen LogP contribution in [0.5, 0.6) is 0 Å². The number of aromatic nitrogens is 3. The molecule has 1 amide bonds. The Labute approximate surface area is 254 Å². The summed E-state index contributed by atoms with van der Waals surface area (Å²) in [5.41, 5.74) is 2.31. The summed E-state index contributed by atoms with van der Waals surface area (Å²) < 4.78 is 12.4. The van der Waals surface area contributed by atoms with Crippen LogP contribution in [0.15, 0.2) is 42.9 Å². The van der Waals surface area contributed by atoms with Crippen LogP contribution >= 0.6 is 0 Å². The number of carboxylic acid groups (broad SMARTS) is 1. The zero-order valence-electron chi connectivity index (χ0n) is 25.7. The Kier molecular flexibility index (Phi) is 10.7. The van der Waals surface area contributed by atoms with Crippen LogP contribution < -0.4 is 13.5 Å². The van der Waals surface area contributed by atoms with Gasteiger partial charge >= 0.3 is 232 Å². The number of piperazine rings is 1. The molecule has 228 valence electrons. The van der Waals surface area contributed by atoms with Gasteiger partial charge in [-0.2, -0.15) is 0 Å². The van der Waals surface area contributed by atoms with Gasteiger partial charge in [-0.05, 0) is 0 Å². The van der Waals surface area contributed by atoms with E-state index in [1.807, 2.05) is 34.9 Å². The first kappa shape index (κ1) is 31.1. The van der Waals surface area contributed by atoms with Gasteiger partial charge in [0.1, 0.15) is 0 Å². The zero-order chi connectivity index (χ0) is 29.5. The summed E-state index contributed by atoms with van der Waals surface area (Å²) >= 11 is -2.95. The van der Waals surface area contributed by atoms with Crippen molar-refractivity contribution in [2.75, 3.05) is 49.2 Å². The number of amides is 1. The molecule has 0 bridgehead atoms. The van der Waals surface area contributed by atoms with Crippen LogP contribution in [-0.2, 0) is 4.74 Å². The molecule has 0 unspecified atom stereocenters. The third-order valence-electron chi connectivity index (χ3n) is 9.25. The molecule has 4 heterocycles. The first-order chi connectivity index (χ1) is 20.5. The molecule has 10 heteroatoms. The summed E-state index contributed by atoms with van der Waals surface area (Å²) in [6.45, 7) is 12.5. The molecular formula is C32H48N6O3Sn. The van der Waals surface area contributed by atoms with E-state index < -0.39 is 24.5 Å². The first-order valence-corrected chi connectivity index (χ1v) is 23.5. The summed E-state index contributed by atoms with van der Waals surface area (Å²) in [4.78, 5) is 29.0. The van der Waals surface area contributed by atoms with E-state index in [1.54, 1.807) is 6.20 Å². The minimum absolute atomic E-state index is 0.430. The first-order valence-electron chi connectivity index (χ1n) is 16.0. The standard InChI is InChI=1S/C20H21N6O3.3C4H9.Sn/c27-20(28)26(19-18-21-5-7-25(18)8-6-22-19)16-3-1-15(2-4-16)23-9-11-24(12-10-23)17-13-29-14-17;3*1-3-4-2;/h1-5,7-8,17H,9-14H2,(H,27,28);3*1,3-4H2,2H3;. The maximum absolute atomic E-state index is 12.9. The molecule has 2 aromatic heterocycles. The fourth-order valence-electron chi connectivity index (χ4n) is 6.54. The molecule has 0 saturated carbocycles. The van der Waals surface area contributed by atoms with Gasteiger partial charge in [0, 0.05) is 0 Å². The molecular weight excluding hydrogens is 635 g/mol. The van der Waals surface area contributed by atoms with Gasteiger partial charge in [0.25, 0.3) is 0 Å². The van der Waals surface area contributed by atoms with Crippen molar-refractivity contribution in [1.29, 1.82) is 0 Å². The Bertz CT molecular complexity index is 1280. The number of ether oxygens (including phenoxy) is 1. The molecule has 2 fully saturated rings.